The number of amides is 2. The van der Waals surface area contributed by atoms with Gasteiger partial charge in [-0.25, -0.2) is 0 Å². The molecule has 0 bridgehead atoms. The summed E-state index contributed by atoms with van der Waals surface area (Å²) in [5.74, 6) is 2.06. The highest BCUT2D eigenvalue weighted by Gasteiger charge is 2.54. The number of carbonyl (C=O) groups excluding carboxylic acids is 2. The van der Waals surface area contributed by atoms with E-state index in [4.69, 9.17) is 5.73 Å². The summed E-state index contributed by atoms with van der Waals surface area (Å²) in [6.45, 7) is 8.63. The van der Waals surface area contributed by atoms with Crippen LogP contribution in [-0.4, -0.2) is 47.3 Å². The van der Waals surface area contributed by atoms with Gasteiger partial charge in [0, 0.05) is 43.4 Å². The van der Waals surface area contributed by atoms with Crippen molar-refractivity contribution in [1.82, 2.24) is 9.80 Å². The van der Waals surface area contributed by atoms with Gasteiger partial charge >= 0.3 is 0 Å². The lowest BCUT2D eigenvalue weighted by Gasteiger charge is -2.37. The van der Waals surface area contributed by atoms with Gasteiger partial charge in [-0.05, 0) is 49.0 Å². The maximum atomic E-state index is 12.8. The summed E-state index contributed by atoms with van der Waals surface area (Å²) < 4.78 is 0. The van der Waals surface area contributed by atoms with Gasteiger partial charge < -0.3 is 15.5 Å². The van der Waals surface area contributed by atoms with Crippen molar-refractivity contribution in [2.24, 2.45) is 23.5 Å². The molecule has 2 amide bonds. The topological polar surface area (TPSA) is 66.6 Å². The highest BCUT2D eigenvalue weighted by atomic mass is 16.2. The molecule has 3 atom stereocenters. The van der Waals surface area contributed by atoms with Gasteiger partial charge in [-0.3, -0.25) is 9.59 Å². The van der Waals surface area contributed by atoms with Crippen LogP contribution in [0, 0.1) is 17.8 Å². The summed E-state index contributed by atoms with van der Waals surface area (Å²) >= 11 is 0. The molecule has 2 aliphatic heterocycles. The van der Waals surface area contributed by atoms with Crippen molar-refractivity contribution >= 4 is 11.8 Å². The maximum Gasteiger partial charge on any atom is 0.253 e. The van der Waals surface area contributed by atoms with Crippen molar-refractivity contribution in [1.29, 1.82) is 0 Å². The van der Waals surface area contributed by atoms with Gasteiger partial charge in [0.05, 0.1) is 0 Å². The lowest BCUT2D eigenvalue weighted by Crippen LogP contribution is -2.47. The third-order valence-corrected chi connectivity index (χ3v) is 6.58. The minimum atomic E-state index is 0.0406. The molecule has 2 saturated heterocycles. The summed E-state index contributed by atoms with van der Waals surface area (Å²) in [5, 5.41) is 0. The van der Waals surface area contributed by atoms with Crippen LogP contribution in [0.2, 0.25) is 0 Å². The second-order valence-electron chi connectivity index (χ2n) is 7.88. The van der Waals surface area contributed by atoms with Gasteiger partial charge in [-0.15, -0.1) is 0 Å². The number of piperidine rings is 1. The zero-order valence-corrected chi connectivity index (χ0v) is 14.5. The SMILES string of the molecule is C=C(C(=O)N1CCC(N2CCCC2=O)CC1)C1=C(N)CC2C(C)C12. The summed E-state index contributed by atoms with van der Waals surface area (Å²) in [5.41, 5.74) is 8.68. The van der Waals surface area contributed by atoms with Crippen molar-refractivity contribution in [2.75, 3.05) is 19.6 Å². The molecule has 4 aliphatic rings. The van der Waals surface area contributed by atoms with Crippen molar-refractivity contribution < 1.29 is 9.59 Å². The number of carbonyl (C=O) groups is 2. The molecule has 0 spiro atoms. The van der Waals surface area contributed by atoms with E-state index >= 15 is 0 Å². The highest BCUT2D eigenvalue weighted by Crippen LogP contribution is 2.60. The van der Waals surface area contributed by atoms with Gasteiger partial charge in [0.1, 0.15) is 0 Å². The van der Waals surface area contributed by atoms with Crippen LogP contribution in [0.4, 0.5) is 0 Å². The molecule has 24 heavy (non-hydrogen) atoms. The minimum Gasteiger partial charge on any atom is -0.402 e. The fourth-order valence-corrected chi connectivity index (χ4v) is 5.05. The Hall–Kier alpha value is -1.78. The first-order valence-electron chi connectivity index (χ1n) is 9.25. The monoisotopic (exact) mass is 329 g/mol. The number of likely N-dealkylation sites (tertiary alicyclic amines) is 2. The molecule has 0 aromatic rings. The van der Waals surface area contributed by atoms with Crippen LogP contribution in [0.3, 0.4) is 0 Å². The molecule has 2 aliphatic carbocycles. The van der Waals surface area contributed by atoms with E-state index in [0.717, 1.165) is 43.5 Å². The van der Waals surface area contributed by atoms with Gasteiger partial charge in [0.25, 0.3) is 5.91 Å². The van der Waals surface area contributed by atoms with E-state index in [-0.39, 0.29) is 11.8 Å². The normalized spacial score (nSPS) is 33.2. The Kier molecular flexibility index (Phi) is 3.70. The van der Waals surface area contributed by atoms with E-state index in [1.165, 1.54) is 0 Å². The zero-order chi connectivity index (χ0) is 17.0. The quantitative estimate of drug-likeness (QED) is 0.801. The molecule has 5 heteroatoms. The van der Waals surface area contributed by atoms with E-state index in [0.29, 0.717) is 48.9 Å². The molecule has 0 aromatic carbocycles. The summed E-state index contributed by atoms with van der Waals surface area (Å²) in [6, 6.07) is 0.306. The lowest BCUT2D eigenvalue weighted by atomic mass is 9.97. The van der Waals surface area contributed by atoms with Crippen molar-refractivity contribution in [2.45, 2.75) is 45.1 Å². The molecule has 5 nitrogen and oxygen atoms in total. The fraction of sp³-hybridized carbons (Fsp3) is 0.684. The molecule has 3 fully saturated rings. The molecule has 0 radical (unpaired) electrons. The predicted molar refractivity (Wildman–Crippen MR) is 91.7 cm³/mol. The highest BCUT2D eigenvalue weighted by molar-refractivity contribution is 5.98. The maximum absolute atomic E-state index is 12.8. The van der Waals surface area contributed by atoms with E-state index in [2.05, 4.69) is 13.5 Å². The Bertz CT molecular complexity index is 631. The molecule has 0 aromatic heterocycles. The Balaban J connectivity index is 1.37. The molecular weight excluding hydrogens is 302 g/mol. The number of nitrogens with zero attached hydrogens (tertiary/aromatic N) is 2. The van der Waals surface area contributed by atoms with Gasteiger partial charge in [-0.2, -0.15) is 0 Å². The minimum absolute atomic E-state index is 0.0406. The molecular formula is C19H27N3O2. The van der Waals surface area contributed by atoms with Crippen LogP contribution in [0.25, 0.3) is 0 Å². The Morgan fingerprint density at radius 3 is 2.54 bits per heavy atom. The molecule has 130 valence electrons. The number of allylic oxidation sites excluding steroid dienone is 1. The van der Waals surface area contributed by atoms with E-state index in [9.17, 15) is 9.59 Å². The van der Waals surface area contributed by atoms with Crippen molar-refractivity contribution in [3.8, 4) is 0 Å². The van der Waals surface area contributed by atoms with Crippen LogP contribution in [0.15, 0.2) is 23.4 Å². The number of hydrogen-bond acceptors (Lipinski definition) is 3. The van der Waals surface area contributed by atoms with E-state index in [1.54, 1.807) is 0 Å². The zero-order valence-electron chi connectivity index (χ0n) is 14.5. The first-order valence-corrected chi connectivity index (χ1v) is 9.25. The summed E-state index contributed by atoms with van der Waals surface area (Å²) in [4.78, 5) is 28.7. The largest absolute Gasteiger partial charge is 0.402 e. The predicted octanol–water partition coefficient (Wildman–Crippen LogP) is 1.65. The first-order chi connectivity index (χ1) is 11.5. The van der Waals surface area contributed by atoms with Gasteiger partial charge in [-0.1, -0.05) is 13.5 Å². The molecule has 1 saturated carbocycles. The third kappa shape index (κ3) is 2.36. The number of nitrogens with two attached hydrogens (primary N) is 1. The van der Waals surface area contributed by atoms with Crippen LogP contribution in [0.1, 0.15) is 39.0 Å². The average molecular weight is 329 g/mol. The van der Waals surface area contributed by atoms with Crippen LogP contribution < -0.4 is 5.73 Å². The second-order valence-corrected chi connectivity index (χ2v) is 7.88. The van der Waals surface area contributed by atoms with E-state index < -0.39 is 0 Å². The van der Waals surface area contributed by atoms with Crippen LogP contribution in [-0.2, 0) is 9.59 Å². The van der Waals surface area contributed by atoms with Crippen LogP contribution >= 0.6 is 0 Å². The Labute approximate surface area is 143 Å². The van der Waals surface area contributed by atoms with Crippen molar-refractivity contribution in [3.63, 3.8) is 0 Å². The number of fused-ring (bicyclic) bond motifs is 1. The first kappa shape index (κ1) is 15.7. The molecule has 4 rings (SSSR count). The molecule has 2 heterocycles. The third-order valence-electron chi connectivity index (χ3n) is 6.58. The fourth-order valence-electron chi connectivity index (χ4n) is 5.05. The van der Waals surface area contributed by atoms with Crippen LogP contribution in [0.5, 0.6) is 0 Å². The Morgan fingerprint density at radius 1 is 1.25 bits per heavy atom. The van der Waals surface area contributed by atoms with E-state index in [1.807, 2.05) is 9.80 Å². The summed E-state index contributed by atoms with van der Waals surface area (Å²) in [7, 11) is 0. The smallest absolute Gasteiger partial charge is 0.253 e. The summed E-state index contributed by atoms with van der Waals surface area (Å²) in [6.07, 6.45) is 4.34. The van der Waals surface area contributed by atoms with Crippen molar-refractivity contribution in [3.05, 3.63) is 23.4 Å². The second kappa shape index (κ2) is 5.64. The lowest BCUT2D eigenvalue weighted by molar-refractivity contribution is -0.132. The number of rotatable bonds is 3. The standard InChI is InChI=1S/C19H27N3O2/c1-11-14-10-15(20)18(17(11)14)12(2)19(24)21-8-5-13(6-9-21)22-7-3-4-16(22)23/h11,13-14,17H,2-10,20H2,1H3. The average Bonchev–Trinajstić information content (AvgIpc) is 2.94. The molecule has 2 N–H and O–H groups in total. The number of hydrogen-bond donors (Lipinski definition) is 1. The Morgan fingerprint density at radius 2 is 1.96 bits per heavy atom. The van der Waals surface area contributed by atoms with Gasteiger partial charge in [0.2, 0.25) is 5.91 Å². The van der Waals surface area contributed by atoms with Gasteiger partial charge in [0.15, 0.2) is 0 Å². The molecule has 3 unspecified atom stereocenters.